The summed E-state index contributed by atoms with van der Waals surface area (Å²) in [4.78, 5) is 8.40. The molecule has 0 saturated carbocycles. The van der Waals surface area contributed by atoms with Gasteiger partial charge >= 0.3 is 0 Å². The van der Waals surface area contributed by atoms with Crippen LogP contribution in [-0.2, 0) is 7.05 Å². The Morgan fingerprint density at radius 2 is 2.13 bits per heavy atom. The molecule has 0 radical (unpaired) electrons. The van der Waals surface area contributed by atoms with Gasteiger partial charge in [-0.05, 0) is 29.8 Å². The second-order valence-electron chi connectivity index (χ2n) is 3.63. The highest BCUT2D eigenvalue weighted by molar-refractivity contribution is 9.10. The topological polar surface area (TPSA) is 55.6 Å². The molecule has 80 valence electrons. The van der Waals surface area contributed by atoms with Gasteiger partial charge in [0.25, 0.3) is 0 Å². The van der Waals surface area contributed by atoms with E-state index in [1.807, 2.05) is 7.05 Å². The highest BCUT2D eigenvalue weighted by Crippen LogP contribution is 2.26. The lowest BCUT2D eigenvalue weighted by molar-refractivity contribution is 0.777. The Labute approximate surface area is 96.0 Å². The number of aryl methyl sites for hydroxylation is 1. The number of hydrogen-bond donors (Lipinski definition) is 1. The zero-order valence-corrected chi connectivity index (χ0v) is 10.4. The van der Waals surface area contributed by atoms with E-state index >= 15 is 0 Å². The maximum atomic E-state index is 4.25. The van der Waals surface area contributed by atoms with Gasteiger partial charge in [0.1, 0.15) is 16.7 Å². The minimum atomic E-state index is 0.329. The van der Waals surface area contributed by atoms with E-state index in [0.29, 0.717) is 6.04 Å². The Balaban J connectivity index is 2.64. The largest absolute Gasteiger partial charge is 0.367 e. The zero-order chi connectivity index (χ0) is 11.0. The molecule has 0 bridgehead atoms. The Kier molecular flexibility index (Phi) is 2.60. The smallest absolute Gasteiger partial charge is 0.164 e. The average molecular weight is 270 g/mol. The molecule has 2 rings (SSSR count). The van der Waals surface area contributed by atoms with Gasteiger partial charge in [-0.15, -0.1) is 0 Å². The minimum Gasteiger partial charge on any atom is -0.367 e. The van der Waals surface area contributed by atoms with E-state index in [1.165, 1.54) is 0 Å². The van der Waals surface area contributed by atoms with Gasteiger partial charge in [0, 0.05) is 13.1 Å². The molecule has 0 unspecified atom stereocenters. The van der Waals surface area contributed by atoms with Gasteiger partial charge in [0.15, 0.2) is 5.65 Å². The maximum absolute atomic E-state index is 4.25. The van der Waals surface area contributed by atoms with Crippen LogP contribution in [0.2, 0.25) is 0 Å². The Morgan fingerprint density at radius 1 is 1.40 bits per heavy atom. The fraction of sp³-hybridized carbons (Fsp3) is 0.444. The number of halogens is 1. The highest BCUT2D eigenvalue weighted by Gasteiger charge is 2.13. The van der Waals surface area contributed by atoms with Gasteiger partial charge in [-0.2, -0.15) is 5.10 Å². The Bertz CT molecular complexity index is 490. The second-order valence-corrected chi connectivity index (χ2v) is 4.39. The van der Waals surface area contributed by atoms with Crippen LogP contribution in [0.15, 0.2) is 10.9 Å². The third-order valence-corrected chi connectivity index (χ3v) is 2.56. The van der Waals surface area contributed by atoms with E-state index in [2.05, 4.69) is 50.2 Å². The van der Waals surface area contributed by atoms with Crippen LogP contribution in [0.1, 0.15) is 13.8 Å². The molecule has 0 aliphatic heterocycles. The first kappa shape index (κ1) is 10.4. The summed E-state index contributed by atoms with van der Waals surface area (Å²) < 4.78 is 2.50. The van der Waals surface area contributed by atoms with E-state index in [4.69, 9.17) is 0 Å². The van der Waals surface area contributed by atoms with E-state index < -0.39 is 0 Å². The van der Waals surface area contributed by atoms with Crippen molar-refractivity contribution in [3.05, 3.63) is 10.9 Å². The van der Waals surface area contributed by atoms with Crippen molar-refractivity contribution in [1.29, 1.82) is 0 Å². The molecule has 2 aromatic heterocycles. The van der Waals surface area contributed by atoms with Crippen LogP contribution in [-0.4, -0.2) is 25.8 Å². The highest BCUT2D eigenvalue weighted by atomic mass is 79.9. The average Bonchev–Trinajstić information content (AvgIpc) is 2.43. The molecule has 15 heavy (non-hydrogen) atoms. The normalized spacial score (nSPS) is 11.3. The van der Waals surface area contributed by atoms with E-state index in [0.717, 1.165) is 21.5 Å². The molecular formula is C9H12BrN5. The molecule has 0 amide bonds. The monoisotopic (exact) mass is 269 g/mol. The van der Waals surface area contributed by atoms with Gasteiger partial charge in [-0.3, -0.25) is 0 Å². The van der Waals surface area contributed by atoms with E-state index in [9.17, 15) is 0 Å². The van der Waals surface area contributed by atoms with Crippen LogP contribution in [0.4, 0.5) is 5.82 Å². The molecule has 2 heterocycles. The van der Waals surface area contributed by atoms with E-state index in [1.54, 1.807) is 11.0 Å². The minimum absolute atomic E-state index is 0.329. The van der Waals surface area contributed by atoms with Crippen molar-refractivity contribution in [2.75, 3.05) is 5.32 Å². The summed E-state index contributed by atoms with van der Waals surface area (Å²) in [6.45, 7) is 4.14. The fourth-order valence-corrected chi connectivity index (χ4v) is 2.03. The van der Waals surface area contributed by atoms with Crippen LogP contribution in [0, 0.1) is 0 Å². The molecule has 5 nitrogen and oxygen atoms in total. The van der Waals surface area contributed by atoms with Crippen molar-refractivity contribution in [3.63, 3.8) is 0 Å². The van der Waals surface area contributed by atoms with Crippen LogP contribution in [0.3, 0.4) is 0 Å². The third-order valence-electron chi connectivity index (χ3n) is 2.00. The van der Waals surface area contributed by atoms with Crippen molar-refractivity contribution in [2.45, 2.75) is 19.9 Å². The molecule has 0 spiro atoms. The second kappa shape index (κ2) is 3.77. The summed E-state index contributed by atoms with van der Waals surface area (Å²) in [6.07, 6.45) is 1.54. The lowest BCUT2D eigenvalue weighted by Crippen LogP contribution is -2.11. The number of aromatic nitrogens is 4. The first-order valence-electron chi connectivity index (χ1n) is 4.69. The van der Waals surface area contributed by atoms with Gasteiger partial charge in [-0.25, -0.2) is 14.6 Å². The summed E-state index contributed by atoms with van der Waals surface area (Å²) in [5, 5.41) is 8.44. The summed E-state index contributed by atoms with van der Waals surface area (Å²) in [6, 6.07) is 0.329. The maximum Gasteiger partial charge on any atom is 0.164 e. The number of nitrogens with one attached hydrogen (secondary N) is 1. The van der Waals surface area contributed by atoms with E-state index in [-0.39, 0.29) is 0 Å². The van der Waals surface area contributed by atoms with Crippen molar-refractivity contribution in [3.8, 4) is 0 Å². The molecule has 0 aromatic carbocycles. The summed E-state index contributed by atoms with van der Waals surface area (Å²) in [5.41, 5.74) is 0.819. The van der Waals surface area contributed by atoms with Crippen LogP contribution >= 0.6 is 15.9 Å². The summed E-state index contributed by atoms with van der Waals surface area (Å²) in [5.74, 6) is 0.815. The van der Waals surface area contributed by atoms with Gasteiger partial charge in [0.05, 0.1) is 5.39 Å². The lowest BCUT2D eigenvalue weighted by Gasteiger charge is -2.09. The van der Waals surface area contributed by atoms with Crippen molar-refractivity contribution < 1.29 is 0 Å². The fourth-order valence-electron chi connectivity index (χ4n) is 1.42. The summed E-state index contributed by atoms with van der Waals surface area (Å²) in [7, 11) is 1.86. The van der Waals surface area contributed by atoms with Gasteiger partial charge < -0.3 is 5.32 Å². The molecule has 0 atom stereocenters. The molecule has 6 heteroatoms. The molecule has 0 saturated heterocycles. The molecule has 1 N–H and O–H groups in total. The van der Waals surface area contributed by atoms with Crippen LogP contribution < -0.4 is 5.32 Å². The lowest BCUT2D eigenvalue weighted by atomic mass is 10.3. The SMILES string of the molecule is CC(C)Nc1ncnc2c1c(Br)nn2C. The van der Waals surface area contributed by atoms with Crippen molar-refractivity contribution in [1.82, 2.24) is 19.7 Å². The first-order valence-corrected chi connectivity index (χ1v) is 5.48. The third kappa shape index (κ3) is 1.81. The summed E-state index contributed by atoms with van der Waals surface area (Å²) >= 11 is 3.41. The molecular weight excluding hydrogens is 258 g/mol. The predicted octanol–water partition coefficient (Wildman–Crippen LogP) is 1.95. The van der Waals surface area contributed by atoms with Crippen molar-refractivity contribution in [2.24, 2.45) is 7.05 Å². The van der Waals surface area contributed by atoms with Crippen LogP contribution in [0.25, 0.3) is 11.0 Å². The quantitative estimate of drug-likeness (QED) is 0.906. The standard InChI is InChI=1S/C9H12BrN5/c1-5(2)13-8-6-7(10)14-15(3)9(6)12-4-11-8/h4-5H,1-3H3,(H,11,12,13). The zero-order valence-electron chi connectivity index (χ0n) is 8.82. The number of rotatable bonds is 2. The van der Waals surface area contributed by atoms with Crippen molar-refractivity contribution >= 4 is 32.8 Å². The van der Waals surface area contributed by atoms with Gasteiger partial charge in [-0.1, -0.05) is 0 Å². The number of anilines is 1. The first-order chi connectivity index (χ1) is 7.09. The van der Waals surface area contributed by atoms with Gasteiger partial charge in [0.2, 0.25) is 0 Å². The predicted molar refractivity (Wildman–Crippen MR) is 62.8 cm³/mol. The number of hydrogen-bond acceptors (Lipinski definition) is 4. The molecule has 0 fully saturated rings. The molecule has 2 aromatic rings. The Morgan fingerprint density at radius 3 is 2.80 bits per heavy atom. The number of fused-ring (bicyclic) bond motifs is 1. The number of nitrogens with zero attached hydrogens (tertiary/aromatic N) is 4. The van der Waals surface area contributed by atoms with Crippen LogP contribution in [0.5, 0.6) is 0 Å². The molecule has 0 aliphatic rings. The molecule has 0 aliphatic carbocycles. The Hall–Kier alpha value is -1.17.